The third kappa shape index (κ3) is 6.85. The summed E-state index contributed by atoms with van der Waals surface area (Å²) >= 11 is 0. The first-order valence-corrected chi connectivity index (χ1v) is 13.6. The molecule has 0 atom stereocenters. The molecule has 0 unspecified atom stereocenters. The van der Waals surface area contributed by atoms with E-state index >= 15 is 0 Å². The highest BCUT2D eigenvalue weighted by atomic mass is 16.2. The first-order chi connectivity index (χ1) is 17.9. The SMILES string of the molecule is C=CC(=O)N1CCN(c2ncnc3cc(-c4nc(N)cc(CC)c4CC)c(C)cc23)CC1.CC.CCC. The van der Waals surface area contributed by atoms with Crippen LogP contribution in [0.25, 0.3) is 22.2 Å². The molecule has 1 aliphatic rings. The van der Waals surface area contributed by atoms with Gasteiger partial charge in [-0.05, 0) is 60.7 Å². The monoisotopic (exact) mass is 504 g/mol. The van der Waals surface area contributed by atoms with Crippen LogP contribution in [0.4, 0.5) is 11.6 Å². The molecule has 1 amide bonds. The number of rotatable bonds is 5. The van der Waals surface area contributed by atoms with E-state index in [1.54, 1.807) is 6.33 Å². The Kier molecular flexibility index (Phi) is 11.5. The number of pyridine rings is 1. The highest BCUT2D eigenvalue weighted by Crippen LogP contribution is 2.34. The van der Waals surface area contributed by atoms with Gasteiger partial charge in [-0.25, -0.2) is 15.0 Å². The van der Waals surface area contributed by atoms with Crippen LogP contribution in [-0.2, 0) is 17.6 Å². The second-order valence-corrected chi connectivity index (χ2v) is 8.85. The highest BCUT2D eigenvalue weighted by molar-refractivity contribution is 5.94. The van der Waals surface area contributed by atoms with E-state index in [0.29, 0.717) is 18.9 Å². The molecule has 0 saturated carbocycles. The van der Waals surface area contributed by atoms with Gasteiger partial charge in [0.15, 0.2) is 0 Å². The summed E-state index contributed by atoms with van der Waals surface area (Å²) in [7, 11) is 0. The summed E-state index contributed by atoms with van der Waals surface area (Å²) in [6, 6.07) is 6.24. The number of hydrogen-bond donors (Lipinski definition) is 1. The molecule has 3 aromatic rings. The highest BCUT2D eigenvalue weighted by Gasteiger charge is 2.23. The molecular formula is C30H44N6O. The molecule has 0 spiro atoms. The van der Waals surface area contributed by atoms with Crippen LogP contribution in [-0.4, -0.2) is 51.9 Å². The molecular weight excluding hydrogens is 460 g/mol. The van der Waals surface area contributed by atoms with E-state index in [9.17, 15) is 4.79 Å². The van der Waals surface area contributed by atoms with Gasteiger partial charge in [0.25, 0.3) is 0 Å². The predicted molar refractivity (Wildman–Crippen MR) is 157 cm³/mol. The summed E-state index contributed by atoms with van der Waals surface area (Å²) in [5, 5.41) is 1.01. The molecule has 4 rings (SSSR count). The molecule has 0 radical (unpaired) electrons. The number of piperazine rings is 1. The Morgan fingerprint density at radius 3 is 2.24 bits per heavy atom. The van der Waals surface area contributed by atoms with Crippen molar-refractivity contribution in [3.63, 3.8) is 0 Å². The molecule has 3 heterocycles. The van der Waals surface area contributed by atoms with Gasteiger partial charge in [0.1, 0.15) is 18.0 Å². The van der Waals surface area contributed by atoms with Crippen molar-refractivity contribution in [3.8, 4) is 11.3 Å². The number of aromatic nitrogens is 3. The Morgan fingerprint density at radius 1 is 1.03 bits per heavy atom. The Bertz CT molecular complexity index is 1200. The third-order valence-corrected chi connectivity index (χ3v) is 6.25. The van der Waals surface area contributed by atoms with Gasteiger partial charge in [0.05, 0.1) is 11.2 Å². The van der Waals surface area contributed by atoms with Crippen molar-refractivity contribution in [2.75, 3.05) is 36.8 Å². The number of amides is 1. The maximum absolute atomic E-state index is 11.9. The second kappa shape index (κ2) is 14.3. The Labute approximate surface area is 222 Å². The molecule has 2 N–H and O–H groups in total. The fourth-order valence-electron chi connectivity index (χ4n) is 4.55. The zero-order valence-electron chi connectivity index (χ0n) is 23.8. The molecule has 1 fully saturated rings. The van der Waals surface area contributed by atoms with Crippen molar-refractivity contribution < 1.29 is 4.79 Å². The van der Waals surface area contributed by atoms with Crippen LogP contribution in [0.3, 0.4) is 0 Å². The van der Waals surface area contributed by atoms with Gasteiger partial charge in [0.2, 0.25) is 5.91 Å². The van der Waals surface area contributed by atoms with Crippen molar-refractivity contribution >= 4 is 28.4 Å². The summed E-state index contributed by atoms with van der Waals surface area (Å²) in [6.07, 6.45) is 6.05. The van der Waals surface area contributed by atoms with Gasteiger partial charge in [-0.3, -0.25) is 4.79 Å². The molecule has 1 aliphatic heterocycles. The summed E-state index contributed by atoms with van der Waals surface area (Å²) in [4.78, 5) is 29.8. The predicted octanol–water partition coefficient (Wildman–Crippen LogP) is 5.98. The van der Waals surface area contributed by atoms with Crippen molar-refractivity contribution in [2.45, 2.75) is 67.7 Å². The van der Waals surface area contributed by atoms with E-state index in [0.717, 1.165) is 59.5 Å². The van der Waals surface area contributed by atoms with Crippen LogP contribution in [0.1, 0.15) is 64.7 Å². The number of nitrogens with two attached hydrogens (primary N) is 1. The number of hydrogen-bond acceptors (Lipinski definition) is 6. The number of carbonyl (C=O) groups excluding carboxylic acids is 1. The Morgan fingerprint density at radius 2 is 1.68 bits per heavy atom. The van der Waals surface area contributed by atoms with Gasteiger partial charge < -0.3 is 15.5 Å². The number of carbonyl (C=O) groups is 1. The molecule has 2 aromatic heterocycles. The van der Waals surface area contributed by atoms with Crippen molar-refractivity contribution in [1.82, 2.24) is 19.9 Å². The molecule has 0 aliphatic carbocycles. The van der Waals surface area contributed by atoms with Gasteiger partial charge in [0, 0.05) is 37.1 Å². The van der Waals surface area contributed by atoms with Crippen LogP contribution in [0, 0.1) is 6.92 Å². The lowest BCUT2D eigenvalue weighted by atomic mass is 9.94. The van der Waals surface area contributed by atoms with E-state index in [4.69, 9.17) is 10.7 Å². The molecule has 200 valence electrons. The fraction of sp³-hybridized carbons (Fsp3) is 0.467. The number of fused-ring (bicyclic) bond motifs is 1. The summed E-state index contributed by atoms with van der Waals surface area (Å²) < 4.78 is 0. The van der Waals surface area contributed by atoms with Crippen LogP contribution in [0.2, 0.25) is 0 Å². The number of nitrogens with zero attached hydrogens (tertiary/aromatic N) is 5. The van der Waals surface area contributed by atoms with Crippen LogP contribution < -0.4 is 10.6 Å². The van der Waals surface area contributed by atoms with Crippen molar-refractivity contribution in [2.24, 2.45) is 0 Å². The number of aryl methyl sites for hydroxylation is 2. The van der Waals surface area contributed by atoms with Gasteiger partial charge >= 0.3 is 0 Å². The van der Waals surface area contributed by atoms with E-state index < -0.39 is 0 Å². The van der Waals surface area contributed by atoms with E-state index in [2.05, 4.69) is 68.2 Å². The van der Waals surface area contributed by atoms with Crippen LogP contribution in [0.5, 0.6) is 0 Å². The molecule has 7 nitrogen and oxygen atoms in total. The minimum absolute atomic E-state index is 0.0227. The first kappa shape index (κ1) is 29.7. The molecule has 0 bridgehead atoms. The smallest absolute Gasteiger partial charge is 0.246 e. The number of anilines is 2. The van der Waals surface area contributed by atoms with Crippen LogP contribution in [0.15, 0.2) is 37.2 Å². The van der Waals surface area contributed by atoms with Gasteiger partial charge in [-0.15, -0.1) is 0 Å². The summed E-state index contributed by atoms with van der Waals surface area (Å²) in [6.45, 7) is 21.0. The van der Waals surface area contributed by atoms with Crippen molar-refractivity contribution in [1.29, 1.82) is 0 Å². The second-order valence-electron chi connectivity index (χ2n) is 8.85. The largest absolute Gasteiger partial charge is 0.384 e. The third-order valence-electron chi connectivity index (χ3n) is 6.25. The molecule has 1 aromatic carbocycles. The Hall–Kier alpha value is -3.48. The van der Waals surface area contributed by atoms with E-state index in [1.807, 2.05) is 24.8 Å². The average molecular weight is 505 g/mol. The summed E-state index contributed by atoms with van der Waals surface area (Å²) in [5.41, 5.74) is 12.6. The fourth-order valence-corrected chi connectivity index (χ4v) is 4.55. The average Bonchev–Trinajstić information content (AvgIpc) is 2.93. The topological polar surface area (TPSA) is 88.2 Å². The van der Waals surface area contributed by atoms with E-state index in [-0.39, 0.29) is 5.91 Å². The molecule has 37 heavy (non-hydrogen) atoms. The lowest BCUT2D eigenvalue weighted by Crippen LogP contribution is -2.48. The minimum Gasteiger partial charge on any atom is -0.384 e. The number of benzene rings is 1. The zero-order chi connectivity index (χ0) is 27.5. The molecule has 1 saturated heterocycles. The normalized spacial score (nSPS) is 12.8. The van der Waals surface area contributed by atoms with Crippen molar-refractivity contribution in [3.05, 3.63) is 53.9 Å². The van der Waals surface area contributed by atoms with Gasteiger partial charge in [-0.1, -0.05) is 54.5 Å². The van der Waals surface area contributed by atoms with Crippen LogP contribution >= 0.6 is 0 Å². The first-order valence-electron chi connectivity index (χ1n) is 13.6. The lowest BCUT2D eigenvalue weighted by molar-refractivity contribution is -0.126. The quantitative estimate of drug-likeness (QED) is 0.430. The maximum atomic E-state index is 11.9. The maximum Gasteiger partial charge on any atom is 0.246 e. The number of nitrogen functional groups attached to an aromatic ring is 1. The Balaban J connectivity index is 0.000000898. The molecule has 7 heteroatoms. The summed E-state index contributed by atoms with van der Waals surface area (Å²) in [5.74, 6) is 1.43. The van der Waals surface area contributed by atoms with E-state index in [1.165, 1.54) is 23.6 Å². The lowest BCUT2D eigenvalue weighted by Gasteiger charge is -2.35. The minimum atomic E-state index is -0.0227. The standard InChI is InChI=1S/C25H30N6O.C3H8.C2H6/c1-5-17-13-22(26)29-24(18(17)6-2)19-14-21-20(12-16(19)4)25(28-15-27-21)31-10-8-30(9-11-31)23(32)7-3;1-3-2;1-2/h7,12-15H,3,5-6,8-11H2,1-2,4H3,(H2,26,29);3H2,1-2H3;1-2H3. The van der Waals surface area contributed by atoms with Gasteiger partial charge in [-0.2, -0.15) is 0 Å². The zero-order valence-corrected chi connectivity index (χ0v) is 23.8.